The van der Waals surface area contributed by atoms with Gasteiger partial charge in [-0.15, -0.1) is 0 Å². The molecule has 1 aromatic rings. The molecule has 0 atom stereocenters. The summed E-state index contributed by atoms with van der Waals surface area (Å²) in [4.78, 5) is 3.78. The van der Waals surface area contributed by atoms with E-state index in [2.05, 4.69) is 4.98 Å². The summed E-state index contributed by atoms with van der Waals surface area (Å²) in [7, 11) is 0. The number of hydrogen-bond acceptors (Lipinski definition) is 2. The van der Waals surface area contributed by atoms with Gasteiger partial charge in [0.25, 0.3) is 6.43 Å². The van der Waals surface area contributed by atoms with Crippen molar-refractivity contribution in [2.24, 2.45) is 0 Å². The molecule has 0 fully saturated rings. The molecule has 0 bridgehead atoms. The summed E-state index contributed by atoms with van der Waals surface area (Å²) in [6.07, 6.45) is -2.35. The Bertz CT molecular complexity index is 385. The average molecular weight is 308 g/mol. The highest BCUT2D eigenvalue weighted by Crippen LogP contribution is 2.23. The summed E-state index contributed by atoms with van der Waals surface area (Å²) in [6, 6.07) is 3.57. The summed E-state index contributed by atoms with van der Waals surface area (Å²) in [5, 5.41) is 8.48. The van der Waals surface area contributed by atoms with Crippen LogP contribution in [0.5, 0.6) is 0 Å². The van der Waals surface area contributed by atoms with Crippen LogP contribution >= 0.6 is 22.6 Å². The zero-order valence-corrected chi connectivity index (χ0v) is 9.55. The van der Waals surface area contributed by atoms with Crippen LogP contribution in [0.4, 0.5) is 8.78 Å². The van der Waals surface area contributed by atoms with Crippen molar-refractivity contribution in [2.75, 3.05) is 0 Å². The lowest BCUT2D eigenvalue weighted by Gasteiger charge is -2.07. The zero-order valence-electron chi connectivity index (χ0n) is 7.39. The van der Waals surface area contributed by atoms with E-state index in [9.17, 15) is 8.78 Å². The van der Waals surface area contributed by atoms with Crippen LogP contribution in [-0.2, 0) is 6.42 Å². The largest absolute Gasteiger partial charge is 0.280 e. The molecule has 14 heavy (non-hydrogen) atoms. The number of nitriles is 1. The summed E-state index contributed by atoms with van der Waals surface area (Å²) in [5.74, 6) is 0. The van der Waals surface area contributed by atoms with Gasteiger partial charge in [0.05, 0.1) is 12.5 Å². The molecule has 0 unspecified atom stereocenters. The van der Waals surface area contributed by atoms with E-state index in [1.807, 2.05) is 28.7 Å². The molecule has 0 N–H and O–H groups in total. The number of aromatic nitrogens is 1. The maximum atomic E-state index is 12.4. The molecule has 2 nitrogen and oxygen atoms in total. The van der Waals surface area contributed by atoms with Gasteiger partial charge in [0.1, 0.15) is 9.39 Å². The normalized spacial score (nSPS) is 10.3. The van der Waals surface area contributed by atoms with Crippen molar-refractivity contribution in [3.8, 4) is 6.07 Å². The fourth-order valence-electron chi connectivity index (χ4n) is 1.09. The molecule has 1 rings (SSSR count). The second-order valence-electron chi connectivity index (χ2n) is 2.78. The van der Waals surface area contributed by atoms with Gasteiger partial charge in [-0.25, -0.2) is 13.8 Å². The van der Waals surface area contributed by atoms with Crippen LogP contribution in [0.3, 0.4) is 0 Å². The van der Waals surface area contributed by atoms with Crippen molar-refractivity contribution in [3.05, 3.63) is 26.6 Å². The Morgan fingerprint density at radius 2 is 2.29 bits per heavy atom. The van der Waals surface area contributed by atoms with Crippen molar-refractivity contribution < 1.29 is 8.78 Å². The van der Waals surface area contributed by atoms with Crippen molar-refractivity contribution >= 4 is 22.6 Å². The van der Waals surface area contributed by atoms with Crippen LogP contribution in [0.15, 0.2) is 6.07 Å². The third-order valence-corrected chi connectivity index (χ3v) is 2.69. The molecule has 0 amide bonds. The third kappa shape index (κ3) is 2.38. The molecule has 0 aliphatic heterocycles. The first-order valence-corrected chi connectivity index (χ1v) is 4.95. The number of pyridine rings is 1. The van der Waals surface area contributed by atoms with Crippen molar-refractivity contribution in [1.29, 1.82) is 5.26 Å². The van der Waals surface area contributed by atoms with Crippen molar-refractivity contribution in [2.45, 2.75) is 19.8 Å². The SMILES string of the molecule is Cc1cc(CC#N)c(I)nc1C(F)F. The van der Waals surface area contributed by atoms with Crippen LogP contribution < -0.4 is 0 Å². The van der Waals surface area contributed by atoms with Gasteiger partial charge >= 0.3 is 0 Å². The smallest absolute Gasteiger partial charge is 0.240 e. The maximum absolute atomic E-state index is 12.4. The van der Waals surface area contributed by atoms with Crippen molar-refractivity contribution in [3.63, 3.8) is 0 Å². The van der Waals surface area contributed by atoms with E-state index < -0.39 is 6.43 Å². The monoisotopic (exact) mass is 308 g/mol. The second kappa shape index (κ2) is 4.64. The van der Waals surface area contributed by atoms with E-state index in [1.165, 1.54) is 0 Å². The summed E-state index contributed by atoms with van der Waals surface area (Å²) in [6.45, 7) is 1.57. The molecule has 0 aromatic carbocycles. The molecule has 0 spiro atoms. The lowest BCUT2D eigenvalue weighted by Crippen LogP contribution is -2.01. The number of hydrogen-bond donors (Lipinski definition) is 0. The second-order valence-corrected chi connectivity index (χ2v) is 3.80. The fourth-order valence-corrected chi connectivity index (χ4v) is 1.70. The molecule has 1 heterocycles. The van der Waals surface area contributed by atoms with Crippen LogP contribution in [0, 0.1) is 22.0 Å². The molecule has 1 aromatic heterocycles. The first-order valence-electron chi connectivity index (χ1n) is 3.87. The number of alkyl halides is 2. The molecule has 0 radical (unpaired) electrons. The van der Waals surface area contributed by atoms with Gasteiger partial charge in [-0.2, -0.15) is 5.26 Å². The van der Waals surface area contributed by atoms with Gasteiger partial charge in [-0.3, -0.25) is 0 Å². The molecule has 0 saturated carbocycles. The van der Waals surface area contributed by atoms with Crippen LogP contribution in [0.2, 0.25) is 0 Å². The average Bonchev–Trinajstić information content (AvgIpc) is 2.10. The van der Waals surface area contributed by atoms with E-state index in [0.29, 0.717) is 14.8 Å². The highest BCUT2D eigenvalue weighted by molar-refractivity contribution is 14.1. The number of rotatable bonds is 2. The topological polar surface area (TPSA) is 36.7 Å². The molecular formula is C9H7F2IN2. The molecule has 5 heteroatoms. The van der Waals surface area contributed by atoms with Crippen molar-refractivity contribution in [1.82, 2.24) is 4.98 Å². The molecule has 0 saturated heterocycles. The predicted octanol–water partition coefficient (Wildman–Crippen LogP) is 3.00. The van der Waals surface area contributed by atoms with E-state index in [-0.39, 0.29) is 12.1 Å². The lowest BCUT2D eigenvalue weighted by atomic mass is 10.1. The van der Waals surface area contributed by atoms with Gasteiger partial charge in [0, 0.05) is 0 Å². The minimum Gasteiger partial charge on any atom is -0.240 e. The Morgan fingerprint density at radius 3 is 2.79 bits per heavy atom. The number of nitrogens with zero attached hydrogens (tertiary/aromatic N) is 2. The highest BCUT2D eigenvalue weighted by atomic mass is 127. The summed E-state index contributed by atoms with van der Waals surface area (Å²) < 4.78 is 25.3. The Balaban J connectivity index is 3.18. The quantitative estimate of drug-likeness (QED) is 0.622. The van der Waals surface area contributed by atoms with Crippen LogP contribution in [-0.4, -0.2) is 4.98 Å². The third-order valence-electron chi connectivity index (χ3n) is 1.75. The molecular weight excluding hydrogens is 301 g/mol. The minimum atomic E-state index is -2.56. The van der Waals surface area contributed by atoms with E-state index >= 15 is 0 Å². The maximum Gasteiger partial charge on any atom is 0.280 e. The fraction of sp³-hybridized carbons (Fsp3) is 0.333. The summed E-state index contributed by atoms with van der Waals surface area (Å²) in [5.41, 5.74) is 0.941. The molecule has 0 aliphatic rings. The van der Waals surface area contributed by atoms with Crippen LogP contribution in [0.25, 0.3) is 0 Å². The Kier molecular flexibility index (Phi) is 3.75. The van der Waals surface area contributed by atoms with E-state index in [4.69, 9.17) is 5.26 Å². The van der Waals surface area contributed by atoms with Gasteiger partial charge in [0.2, 0.25) is 0 Å². The van der Waals surface area contributed by atoms with Crippen LogP contribution in [0.1, 0.15) is 23.2 Å². The first-order chi connectivity index (χ1) is 6.56. The van der Waals surface area contributed by atoms with Gasteiger partial charge < -0.3 is 0 Å². The van der Waals surface area contributed by atoms with Gasteiger partial charge in [-0.1, -0.05) is 6.07 Å². The molecule has 0 aliphatic carbocycles. The van der Waals surface area contributed by atoms with Gasteiger partial charge in [0.15, 0.2) is 0 Å². The standard InChI is InChI=1S/C9H7F2IN2/c1-5-4-6(2-3-13)9(12)14-7(5)8(10)11/h4,8H,2H2,1H3. The number of aryl methyl sites for hydroxylation is 1. The van der Waals surface area contributed by atoms with Gasteiger partial charge in [-0.05, 0) is 40.6 Å². The molecule has 74 valence electrons. The Morgan fingerprint density at radius 1 is 1.64 bits per heavy atom. The zero-order chi connectivity index (χ0) is 10.7. The lowest BCUT2D eigenvalue weighted by molar-refractivity contribution is 0.145. The summed E-state index contributed by atoms with van der Waals surface area (Å²) >= 11 is 1.86. The van der Waals surface area contributed by atoms with E-state index in [1.54, 1.807) is 13.0 Å². The first kappa shape index (κ1) is 11.3. The minimum absolute atomic E-state index is 0.198. The Labute approximate surface area is 94.1 Å². The van der Waals surface area contributed by atoms with E-state index in [0.717, 1.165) is 0 Å². The number of halogens is 3. The predicted molar refractivity (Wildman–Crippen MR) is 56.0 cm³/mol. The Hall–Kier alpha value is -0.770. The highest BCUT2D eigenvalue weighted by Gasteiger charge is 2.14.